The Morgan fingerprint density at radius 1 is 1.80 bits per heavy atom. The van der Waals surface area contributed by atoms with Gasteiger partial charge in [0.05, 0.1) is 0 Å². The summed E-state index contributed by atoms with van der Waals surface area (Å²) in [6.07, 6.45) is 0. The van der Waals surface area contributed by atoms with E-state index >= 15 is 0 Å². The van der Waals surface area contributed by atoms with Crippen molar-refractivity contribution in [2.24, 2.45) is 5.73 Å². The van der Waals surface area contributed by atoms with Gasteiger partial charge in [-0.3, -0.25) is 10.2 Å². The van der Waals surface area contributed by atoms with Crippen molar-refractivity contribution in [1.29, 1.82) is 5.41 Å². The van der Waals surface area contributed by atoms with Crippen molar-refractivity contribution in [2.45, 2.75) is 0 Å². The fourth-order valence-corrected chi connectivity index (χ4v) is 0.288. The van der Waals surface area contributed by atoms with E-state index in [2.05, 4.69) is 0 Å². The summed E-state index contributed by atoms with van der Waals surface area (Å²) in [5.41, 5.74) is 4.93. The number of guanidine groups is 1. The van der Waals surface area contributed by atoms with Crippen LogP contribution in [-0.4, -0.2) is 73.3 Å². The number of nitrogens with zero attached hydrogens (tertiary/aromatic N) is 1. The molecular formula is C4H9CaN3O2+2. The van der Waals surface area contributed by atoms with Gasteiger partial charge in [-0.05, 0) is 0 Å². The van der Waals surface area contributed by atoms with E-state index < -0.39 is 5.97 Å². The maximum atomic E-state index is 9.92. The van der Waals surface area contributed by atoms with Gasteiger partial charge >= 0.3 is 43.7 Å². The second-order valence-electron chi connectivity index (χ2n) is 1.64. The molecule has 0 aliphatic heterocycles. The molecule has 0 bridgehead atoms. The molecule has 0 spiro atoms. The molecule has 0 aliphatic carbocycles. The normalized spacial score (nSPS) is 7.70. The number of likely N-dealkylation sites (N-methyl/N-ethyl adjacent to an activating group) is 1. The molecule has 52 valence electrons. The van der Waals surface area contributed by atoms with E-state index in [0.717, 1.165) is 4.90 Å². The molecule has 0 rings (SSSR count). The molecule has 5 nitrogen and oxygen atoms in total. The van der Waals surface area contributed by atoms with E-state index in [0.29, 0.717) is 0 Å². The van der Waals surface area contributed by atoms with Crippen LogP contribution in [0.4, 0.5) is 0 Å². The Hall–Kier alpha value is -0.000260. The molecule has 0 aromatic carbocycles. The van der Waals surface area contributed by atoms with Gasteiger partial charge < -0.3 is 15.7 Å². The Bertz CT molecular complexity index is 138. The molecule has 0 aromatic heterocycles. The third-order valence-electron chi connectivity index (χ3n) is 0.784. The first-order valence-corrected chi connectivity index (χ1v) is 2.31. The summed E-state index contributed by atoms with van der Waals surface area (Å²) >= 11 is 0. The first-order chi connectivity index (χ1) is 4.04. The van der Waals surface area contributed by atoms with Crippen LogP contribution >= 0.6 is 0 Å². The summed E-state index contributed by atoms with van der Waals surface area (Å²) in [4.78, 5) is 11.0. The van der Waals surface area contributed by atoms with Crippen LogP contribution in [-0.2, 0) is 4.79 Å². The second-order valence-corrected chi connectivity index (χ2v) is 1.64. The molecule has 0 saturated carbocycles. The van der Waals surface area contributed by atoms with Crippen molar-refractivity contribution < 1.29 is 9.90 Å². The van der Waals surface area contributed by atoms with Gasteiger partial charge in [0.25, 0.3) is 0 Å². The molecule has 0 radical (unpaired) electrons. The second kappa shape index (κ2) is 5.76. The SMILES string of the molecule is CN(CC(=O)O)C(=N)N.[Ca+2]. The molecule has 6 heteroatoms. The third-order valence-corrected chi connectivity index (χ3v) is 0.784. The first-order valence-electron chi connectivity index (χ1n) is 2.31. The monoisotopic (exact) mass is 171 g/mol. The fourth-order valence-electron chi connectivity index (χ4n) is 0.288. The summed E-state index contributed by atoms with van der Waals surface area (Å²) in [6, 6.07) is 0. The van der Waals surface area contributed by atoms with Gasteiger partial charge in [-0.25, -0.2) is 0 Å². The van der Waals surface area contributed by atoms with Crippen LogP contribution < -0.4 is 5.73 Å². The van der Waals surface area contributed by atoms with Gasteiger partial charge in [0.15, 0.2) is 5.96 Å². The van der Waals surface area contributed by atoms with Crippen LogP contribution in [0.25, 0.3) is 0 Å². The molecule has 0 amide bonds. The number of aliphatic carboxylic acids is 1. The summed E-state index contributed by atoms with van der Waals surface area (Å²) in [5, 5.41) is 14.9. The molecule has 10 heavy (non-hydrogen) atoms. The van der Waals surface area contributed by atoms with Crippen molar-refractivity contribution in [3.05, 3.63) is 0 Å². The smallest absolute Gasteiger partial charge is 0.480 e. The Balaban J connectivity index is 0. The summed E-state index contributed by atoms with van der Waals surface area (Å²) in [5.74, 6) is -1.23. The van der Waals surface area contributed by atoms with Gasteiger partial charge in [-0.15, -0.1) is 0 Å². The molecule has 0 aliphatic rings. The van der Waals surface area contributed by atoms with Crippen LogP contribution in [0, 0.1) is 5.41 Å². The predicted octanol–water partition coefficient (Wildman–Crippen LogP) is -1.48. The van der Waals surface area contributed by atoms with E-state index in [1.807, 2.05) is 0 Å². The van der Waals surface area contributed by atoms with E-state index in [1.165, 1.54) is 7.05 Å². The number of carboxylic acid groups (broad SMARTS) is 1. The fraction of sp³-hybridized carbons (Fsp3) is 0.500. The maximum absolute atomic E-state index is 9.92. The molecule has 0 aromatic rings. The van der Waals surface area contributed by atoms with E-state index in [9.17, 15) is 4.79 Å². The van der Waals surface area contributed by atoms with E-state index in [1.54, 1.807) is 0 Å². The first kappa shape index (κ1) is 12.7. The Labute approximate surface area is 88.7 Å². The standard InChI is InChI=1S/C4H9N3O2.Ca/c1-7(4(5)6)2-3(8)9;/h2H2,1H3,(H3,5,6)(H,8,9);/q;+2. The molecule has 0 unspecified atom stereocenters. The quantitative estimate of drug-likeness (QED) is 0.268. The molecular weight excluding hydrogens is 162 g/mol. The van der Waals surface area contributed by atoms with E-state index in [-0.39, 0.29) is 50.2 Å². The maximum Gasteiger partial charge on any atom is 2.00 e. The average molecular weight is 171 g/mol. The number of hydrogen-bond donors (Lipinski definition) is 3. The Kier molecular flexibility index (Phi) is 7.29. The van der Waals surface area contributed by atoms with Gasteiger partial charge in [0.2, 0.25) is 0 Å². The third kappa shape index (κ3) is 6.12. The number of hydrogen-bond acceptors (Lipinski definition) is 2. The Morgan fingerprint density at radius 2 is 2.20 bits per heavy atom. The van der Waals surface area contributed by atoms with Crippen molar-refractivity contribution in [1.82, 2.24) is 4.90 Å². The van der Waals surface area contributed by atoms with Gasteiger partial charge in [-0.1, -0.05) is 0 Å². The van der Waals surface area contributed by atoms with Gasteiger partial charge in [0, 0.05) is 7.05 Å². The van der Waals surface area contributed by atoms with Crippen LogP contribution in [0.15, 0.2) is 0 Å². The minimum absolute atomic E-state index is 0. The predicted molar refractivity (Wildman–Crippen MR) is 37.9 cm³/mol. The van der Waals surface area contributed by atoms with E-state index in [4.69, 9.17) is 16.2 Å². The number of carbonyl (C=O) groups is 1. The minimum atomic E-state index is -0.993. The largest absolute Gasteiger partial charge is 2.00 e. The molecule has 0 atom stereocenters. The number of rotatable bonds is 2. The van der Waals surface area contributed by atoms with Gasteiger partial charge in [0.1, 0.15) is 6.54 Å². The van der Waals surface area contributed by atoms with Crippen molar-refractivity contribution in [3.63, 3.8) is 0 Å². The van der Waals surface area contributed by atoms with Crippen molar-refractivity contribution in [2.75, 3.05) is 13.6 Å². The van der Waals surface area contributed by atoms with Crippen LogP contribution in [0.3, 0.4) is 0 Å². The van der Waals surface area contributed by atoms with Crippen LogP contribution in [0.1, 0.15) is 0 Å². The summed E-state index contributed by atoms with van der Waals surface area (Å²) < 4.78 is 0. The number of carboxylic acids is 1. The average Bonchev–Trinajstić information content (AvgIpc) is 1.63. The number of nitrogens with one attached hydrogen (secondary N) is 1. The summed E-state index contributed by atoms with van der Waals surface area (Å²) in [7, 11) is 1.44. The number of nitrogens with two attached hydrogens (primary N) is 1. The zero-order valence-electron chi connectivity index (χ0n) is 5.79. The van der Waals surface area contributed by atoms with Crippen molar-refractivity contribution >= 4 is 49.7 Å². The summed E-state index contributed by atoms with van der Waals surface area (Å²) in [6.45, 7) is -0.227. The zero-order chi connectivity index (χ0) is 7.44. The van der Waals surface area contributed by atoms with Crippen molar-refractivity contribution in [3.8, 4) is 0 Å². The topological polar surface area (TPSA) is 90.4 Å². The molecule has 4 N–H and O–H groups in total. The van der Waals surface area contributed by atoms with Crippen LogP contribution in [0.2, 0.25) is 0 Å². The Morgan fingerprint density at radius 3 is 2.30 bits per heavy atom. The van der Waals surface area contributed by atoms with Crippen LogP contribution in [0.5, 0.6) is 0 Å². The molecule has 0 saturated heterocycles. The van der Waals surface area contributed by atoms with Gasteiger partial charge in [-0.2, -0.15) is 0 Å². The molecule has 0 fully saturated rings. The molecule has 0 heterocycles. The zero-order valence-corrected chi connectivity index (χ0v) is 8.00. The minimum Gasteiger partial charge on any atom is -0.480 e.